The summed E-state index contributed by atoms with van der Waals surface area (Å²) in [6.45, 7) is 5.12. The Balaban J connectivity index is 2.89. The second-order valence-electron chi connectivity index (χ2n) is 5.42. The predicted octanol–water partition coefficient (Wildman–Crippen LogP) is 3.28. The third kappa shape index (κ3) is 7.29. The van der Waals surface area contributed by atoms with Crippen molar-refractivity contribution in [2.24, 2.45) is 0 Å². The molecule has 0 fully saturated rings. The highest BCUT2D eigenvalue weighted by molar-refractivity contribution is 8.13. The molecule has 5 nitrogen and oxygen atoms in total. The SMILES string of the molecule is CC(C)(C)OC(=O)Nc1ccc(F)cc1CCS(=O)(=O)Cl. The van der Waals surface area contributed by atoms with Crippen LogP contribution in [0, 0.1) is 5.82 Å². The molecule has 1 amide bonds. The lowest BCUT2D eigenvalue weighted by Crippen LogP contribution is -2.27. The smallest absolute Gasteiger partial charge is 0.412 e. The standard InChI is InChI=1S/C13H17ClFNO4S/c1-13(2,3)20-12(17)16-11-5-4-10(15)8-9(11)6-7-21(14,18)19/h4-5,8H,6-7H2,1-3H3,(H,16,17). The van der Waals surface area contributed by atoms with Gasteiger partial charge in [-0.2, -0.15) is 0 Å². The van der Waals surface area contributed by atoms with Gasteiger partial charge in [0, 0.05) is 16.4 Å². The zero-order valence-electron chi connectivity index (χ0n) is 11.9. The molecule has 1 aromatic rings. The van der Waals surface area contributed by atoms with Crippen molar-refractivity contribution in [2.45, 2.75) is 32.8 Å². The van der Waals surface area contributed by atoms with Crippen molar-refractivity contribution in [1.29, 1.82) is 0 Å². The topological polar surface area (TPSA) is 72.5 Å². The van der Waals surface area contributed by atoms with Crippen LogP contribution >= 0.6 is 10.7 Å². The van der Waals surface area contributed by atoms with Crippen molar-refractivity contribution in [3.8, 4) is 0 Å². The van der Waals surface area contributed by atoms with Gasteiger partial charge in [0.1, 0.15) is 11.4 Å². The lowest BCUT2D eigenvalue weighted by molar-refractivity contribution is 0.0635. The van der Waals surface area contributed by atoms with Crippen LogP contribution in [0.15, 0.2) is 18.2 Å². The molecule has 0 aliphatic carbocycles. The van der Waals surface area contributed by atoms with Gasteiger partial charge in [-0.15, -0.1) is 0 Å². The third-order valence-corrected chi connectivity index (χ3v) is 3.47. The maximum atomic E-state index is 13.2. The highest BCUT2D eigenvalue weighted by Gasteiger charge is 2.18. The predicted molar refractivity (Wildman–Crippen MR) is 79.6 cm³/mol. The Hall–Kier alpha value is -1.34. The van der Waals surface area contributed by atoms with Crippen molar-refractivity contribution in [2.75, 3.05) is 11.1 Å². The van der Waals surface area contributed by atoms with Crippen LogP contribution in [-0.4, -0.2) is 25.9 Å². The minimum Gasteiger partial charge on any atom is -0.444 e. The van der Waals surface area contributed by atoms with Crippen LogP contribution in [0.5, 0.6) is 0 Å². The maximum absolute atomic E-state index is 13.2. The number of anilines is 1. The van der Waals surface area contributed by atoms with Gasteiger partial charge in [0.05, 0.1) is 5.75 Å². The minimum absolute atomic E-state index is 0.0191. The van der Waals surface area contributed by atoms with E-state index in [1.165, 1.54) is 6.07 Å². The Bertz CT molecular complexity index is 626. The van der Waals surface area contributed by atoms with Gasteiger partial charge in [0.15, 0.2) is 0 Å². The van der Waals surface area contributed by atoms with E-state index in [0.717, 1.165) is 12.1 Å². The number of hydrogen-bond donors (Lipinski definition) is 1. The Morgan fingerprint density at radius 2 is 2.00 bits per heavy atom. The van der Waals surface area contributed by atoms with E-state index < -0.39 is 26.6 Å². The number of aryl methyl sites for hydroxylation is 1. The van der Waals surface area contributed by atoms with Gasteiger partial charge >= 0.3 is 6.09 Å². The fourth-order valence-corrected chi connectivity index (χ4v) is 2.23. The molecular weight excluding hydrogens is 321 g/mol. The number of benzene rings is 1. The lowest BCUT2D eigenvalue weighted by atomic mass is 10.1. The van der Waals surface area contributed by atoms with Crippen LogP contribution in [0.4, 0.5) is 14.9 Å². The van der Waals surface area contributed by atoms with Crippen LogP contribution in [0.25, 0.3) is 0 Å². The molecule has 0 aromatic heterocycles. The van der Waals surface area contributed by atoms with Crippen LogP contribution in [0.2, 0.25) is 0 Å². The molecule has 0 aliphatic rings. The highest BCUT2D eigenvalue weighted by atomic mass is 35.7. The van der Waals surface area contributed by atoms with Crippen molar-refractivity contribution in [3.05, 3.63) is 29.6 Å². The summed E-state index contributed by atoms with van der Waals surface area (Å²) in [4.78, 5) is 11.7. The molecule has 0 aliphatic heterocycles. The van der Waals surface area contributed by atoms with Gasteiger partial charge in [-0.05, 0) is 51.0 Å². The van der Waals surface area contributed by atoms with Gasteiger partial charge < -0.3 is 4.74 Å². The van der Waals surface area contributed by atoms with E-state index in [4.69, 9.17) is 15.4 Å². The molecule has 0 atom stereocenters. The Morgan fingerprint density at radius 3 is 2.52 bits per heavy atom. The summed E-state index contributed by atoms with van der Waals surface area (Å²) in [5.41, 5.74) is -0.0694. The average molecular weight is 338 g/mol. The largest absolute Gasteiger partial charge is 0.444 e. The summed E-state index contributed by atoms with van der Waals surface area (Å²) in [6, 6.07) is 3.65. The van der Waals surface area contributed by atoms with Gasteiger partial charge in [0.2, 0.25) is 9.05 Å². The second kappa shape index (κ2) is 6.62. The first-order valence-corrected chi connectivity index (χ1v) is 8.65. The highest BCUT2D eigenvalue weighted by Crippen LogP contribution is 2.20. The Morgan fingerprint density at radius 1 is 1.38 bits per heavy atom. The molecule has 8 heteroatoms. The summed E-state index contributed by atoms with van der Waals surface area (Å²) in [6.07, 6.45) is -0.724. The van der Waals surface area contributed by atoms with Crippen molar-refractivity contribution < 1.29 is 22.3 Å². The number of rotatable bonds is 4. The summed E-state index contributed by atoms with van der Waals surface area (Å²) in [7, 11) is 1.43. The first-order chi connectivity index (χ1) is 9.46. The molecule has 1 N–H and O–H groups in total. The lowest BCUT2D eigenvalue weighted by Gasteiger charge is -2.20. The van der Waals surface area contributed by atoms with E-state index in [9.17, 15) is 17.6 Å². The molecule has 0 saturated heterocycles. The number of nitrogens with one attached hydrogen (secondary N) is 1. The van der Waals surface area contributed by atoms with Crippen LogP contribution in [0.3, 0.4) is 0 Å². The zero-order valence-corrected chi connectivity index (χ0v) is 13.5. The zero-order chi connectivity index (χ0) is 16.3. The van der Waals surface area contributed by atoms with E-state index in [1.54, 1.807) is 20.8 Å². The molecule has 0 spiro atoms. The molecule has 0 bridgehead atoms. The van der Waals surface area contributed by atoms with E-state index >= 15 is 0 Å². The van der Waals surface area contributed by atoms with Crippen LogP contribution in [-0.2, 0) is 20.2 Å². The van der Waals surface area contributed by atoms with Gasteiger partial charge in [0.25, 0.3) is 0 Å². The molecule has 118 valence electrons. The normalized spacial score (nSPS) is 12.0. The summed E-state index contributed by atoms with van der Waals surface area (Å²) in [5, 5.41) is 2.46. The first kappa shape index (κ1) is 17.7. The number of ether oxygens (including phenoxy) is 1. The van der Waals surface area contributed by atoms with Gasteiger partial charge in [-0.25, -0.2) is 17.6 Å². The van der Waals surface area contributed by atoms with E-state index in [1.807, 2.05) is 0 Å². The molecule has 0 saturated carbocycles. The fraction of sp³-hybridized carbons (Fsp3) is 0.462. The quantitative estimate of drug-likeness (QED) is 0.856. The van der Waals surface area contributed by atoms with Gasteiger partial charge in [-0.1, -0.05) is 0 Å². The number of carbonyl (C=O) groups is 1. The van der Waals surface area contributed by atoms with E-state index in [0.29, 0.717) is 5.56 Å². The van der Waals surface area contributed by atoms with E-state index in [-0.39, 0.29) is 17.9 Å². The average Bonchev–Trinajstić information content (AvgIpc) is 2.26. The Kier molecular flexibility index (Phi) is 5.58. The van der Waals surface area contributed by atoms with Crippen molar-refractivity contribution >= 4 is 31.5 Å². The number of hydrogen-bond acceptors (Lipinski definition) is 4. The van der Waals surface area contributed by atoms with E-state index in [2.05, 4.69) is 5.32 Å². The number of amides is 1. The van der Waals surface area contributed by atoms with Crippen LogP contribution < -0.4 is 5.32 Å². The first-order valence-electron chi connectivity index (χ1n) is 6.17. The van der Waals surface area contributed by atoms with Crippen molar-refractivity contribution in [1.82, 2.24) is 0 Å². The minimum atomic E-state index is -3.70. The molecule has 0 unspecified atom stereocenters. The number of halogens is 2. The molecular formula is C13H17ClFNO4S. The monoisotopic (exact) mass is 337 g/mol. The maximum Gasteiger partial charge on any atom is 0.412 e. The Labute approximate surface area is 127 Å². The summed E-state index contributed by atoms with van der Waals surface area (Å²) in [5.74, 6) is -0.896. The molecule has 1 rings (SSSR count). The molecule has 1 aromatic carbocycles. The molecule has 21 heavy (non-hydrogen) atoms. The second-order valence-corrected chi connectivity index (χ2v) is 8.32. The summed E-state index contributed by atoms with van der Waals surface area (Å²) < 4.78 is 40.3. The molecule has 0 radical (unpaired) electrons. The fourth-order valence-electron chi connectivity index (χ4n) is 1.54. The number of carbonyl (C=O) groups excluding carboxylic acids is 1. The van der Waals surface area contributed by atoms with Crippen molar-refractivity contribution in [3.63, 3.8) is 0 Å². The third-order valence-electron chi connectivity index (χ3n) is 2.32. The molecule has 0 heterocycles. The van der Waals surface area contributed by atoms with Crippen LogP contribution in [0.1, 0.15) is 26.3 Å². The summed E-state index contributed by atoms with van der Waals surface area (Å²) >= 11 is 0. The van der Waals surface area contributed by atoms with Gasteiger partial charge in [-0.3, -0.25) is 5.32 Å².